The van der Waals surface area contributed by atoms with Gasteiger partial charge in [-0.05, 0) is 56.7 Å². The van der Waals surface area contributed by atoms with Crippen molar-refractivity contribution in [3.8, 4) is 5.75 Å². The minimum atomic E-state index is 0.613. The smallest absolute Gasteiger partial charge is 0.199 e. The molecule has 1 saturated carbocycles. The molecule has 1 fully saturated rings. The van der Waals surface area contributed by atoms with Gasteiger partial charge in [0.15, 0.2) is 4.77 Å². The molecular weight excluding hydrogens is 308 g/mol. The summed E-state index contributed by atoms with van der Waals surface area (Å²) in [5.41, 5.74) is 1.22. The summed E-state index contributed by atoms with van der Waals surface area (Å²) in [6, 6.07) is 8.16. The normalized spacial score (nSPS) is 14.4. The van der Waals surface area contributed by atoms with Gasteiger partial charge in [0.1, 0.15) is 11.6 Å². The number of ether oxygens (including phenoxy) is 1. The van der Waals surface area contributed by atoms with Gasteiger partial charge in [-0.2, -0.15) is 5.10 Å². The molecule has 1 aromatic heterocycles. The van der Waals surface area contributed by atoms with Crippen molar-refractivity contribution in [2.45, 2.75) is 45.4 Å². The first-order chi connectivity index (χ1) is 11.1. The summed E-state index contributed by atoms with van der Waals surface area (Å²) in [5.74, 6) is 2.66. The molecule has 2 aromatic rings. The SMILES string of the molecule is CCn1c(C2CC2)nn(CN(C)Cc2cccc(OC)c2)c1=S. The van der Waals surface area contributed by atoms with Crippen molar-refractivity contribution in [2.75, 3.05) is 14.2 Å². The van der Waals surface area contributed by atoms with E-state index in [2.05, 4.69) is 35.6 Å². The molecule has 0 unspecified atom stereocenters. The molecule has 0 atom stereocenters. The zero-order chi connectivity index (χ0) is 16.4. The zero-order valence-corrected chi connectivity index (χ0v) is 14.8. The average Bonchev–Trinajstić information content (AvgIpc) is 3.34. The van der Waals surface area contributed by atoms with Gasteiger partial charge in [-0.15, -0.1) is 0 Å². The summed E-state index contributed by atoms with van der Waals surface area (Å²) < 4.78 is 10.2. The maximum absolute atomic E-state index is 5.60. The van der Waals surface area contributed by atoms with Crippen molar-refractivity contribution < 1.29 is 4.74 Å². The highest BCUT2D eigenvalue weighted by molar-refractivity contribution is 7.71. The molecule has 0 saturated heterocycles. The summed E-state index contributed by atoms with van der Waals surface area (Å²) in [4.78, 5) is 2.22. The van der Waals surface area contributed by atoms with Gasteiger partial charge in [0, 0.05) is 19.0 Å². The van der Waals surface area contributed by atoms with Crippen LogP contribution in [0.3, 0.4) is 0 Å². The van der Waals surface area contributed by atoms with Crippen molar-refractivity contribution in [2.24, 2.45) is 0 Å². The van der Waals surface area contributed by atoms with Gasteiger partial charge in [-0.3, -0.25) is 4.90 Å². The molecule has 0 bridgehead atoms. The largest absolute Gasteiger partial charge is 0.497 e. The Kier molecular flexibility index (Phi) is 4.82. The third kappa shape index (κ3) is 3.64. The first-order valence-corrected chi connectivity index (χ1v) is 8.52. The van der Waals surface area contributed by atoms with Crippen LogP contribution >= 0.6 is 12.2 Å². The van der Waals surface area contributed by atoms with Gasteiger partial charge >= 0.3 is 0 Å². The molecule has 0 spiro atoms. The molecule has 1 aromatic carbocycles. The quantitative estimate of drug-likeness (QED) is 0.728. The highest BCUT2D eigenvalue weighted by atomic mass is 32.1. The van der Waals surface area contributed by atoms with E-state index in [1.54, 1.807) is 7.11 Å². The predicted molar refractivity (Wildman–Crippen MR) is 93.2 cm³/mol. The fourth-order valence-electron chi connectivity index (χ4n) is 2.85. The van der Waals surface area contributed by atoms with Crippen molar-refractivity contribution in [3.63, 3.8) is 0 Å². The van der Waals surface area contributed by atoms with Crippen LogP contribution in [0, 0.1) is 4.77 Å². The lowest BCUT2D eigenvalue weighted by atomic mass is 10.2. The first kappa shape index (κ1) is 16.2. The summed E-state index contributed by atoms with van der Waals surface area (Å²) in [6.07, 6.45) is 2.48. The van der Waals surface area contributed by atoms with Crippen LogP contribution in [0.2, 0.25) is 0 Å². The van der Waals surface area contributed by atoms with E-state index < -0.39 is 0 Å². The fraction of sp³-hybridized carbons (Fsp3) is 0.529. The second kappa shape index (κ2) is 6.84. The Morgan fingerprint density at radius 3 is 2.83 bits per heavy atom. The number of methoxy groups -OCH3 is 1. The molecule has 6 heteroatoms. The zero-order valence-electron chi connectivity index (χ0n) is 14.0. The van der Waals surface area contributed by atoms with Crippen LogP contribution in [0.25, 0.3) is 0 Å². The number of aromatic nitrogens is 3. The van der Waals surface area contributed by atoms with Crippen LogP contribution in [0.1, 0.15) is 37.1 Å². The Hall–Kier alpha value is -1.66. The summed E-state index contributed by atoms with van der Waals surface area (Å²) in [6.45, 7) is 4.55. The van der Waals surface area contributed by atoms with Crippen LogP contribution in [0.4, 0.5) is 0 Å². The highest BCUT2D eigenvalue weighted by Crippen LogP contribution is 2.39. The fourth-order valence-corrected chi connectivity index (χ4v) is 3.17. The first-order valence-electron chi connectivity index (χ1n) is 8.11. The van der Waals surface area contributed by atoms with Crippen molar-refractivity contribution >= 4 is 12.2 Å². The van der Waals surface area contributed by atoms with Gasteiger partial charge in [-0.1, -0.05) is 12.1 Å². The molecule has 5 nitrogen and oxygen atoms in total. The Morgan fingerprint density at radius 2 is 2.17 bits per heavy atom. The van der Waals surface area contributed by atoms with Crippen LogP contribution in [-0.2, 0) is 19.8 Å². The van der Waals surface area contributed by atoms with Gasteiger partial charge in [0.25, 0.3) is 0 Å². The topological polar surface area (TPSA) is 35.2 Å². The molecule has 0 N–H and O–H groups in total. The Bertz CT molecular complexity index is 732. The average molecular weight is 332 g/mol. The molecule has 0 amide bonds. The minimum absolute atomic E-state index is 0.613. The second-order valence-corrected chi connectivity index (χ2v) is 6.53. The number of hydrogen-bond donors (Lipinski definition) is 0. The second-order valence-electron chi connectivity index (χ2n) is 6.17. The molecule has 1 aliphatic carbocycles. The molecular formula is C17H24N4OS. The van der Waals surface area contributed by atoms with E-state index in [-0.39, 0.29) is 0 Å². The van der Waals surface area contributed by atoms with E-state index in [0.29, 0.717) is 12.6 Å². The summed E-state index contributed by atoms with van der Waals surface area (Å²) in [5, 5.41) is 4.77. The number of benzene rings is 1. The monoisotopic (exact) mass is 332 g/mol. The van der Waals surface area contributed by atoms with Gasteiger partial charge < -0.3 is 9.30 Å². The third-order valence-corrected chi connectivity index (χ3v) is 4.60. The molecule has 0 aliphatic heterocycles. The summed E-state index contributed by atoms with van der Waals surface area (Å²) >= 11 is 5.60. The van der Waals surface area contributed by atoms with Gasteiger partial charge in [0.2, 0.25) is 0 Å². The Balaban J connectivity index is 1.72. The van der Waals surface area contributed by atoms with E-state index in [4.69, 9.17) is 22.1 Å². The van der Waals surface area contributed by atoms with E-state index in [9.17, 15) is 0 Å². The molecule has 124 valence electrons. The Morgan fingerprint density at radius 1 is 1.39 bits per heavy atom. The third-order valence-electron chi connectivity index (χ3n) is 4.17. The molecule has 1 aliphatic rings. The van der Waals surface area contributed by atoms with E-state index in [1.807, 2.05) is 16.8 Å². The lowest BCUT2D eigenvalue weighted by Gasteiger charge is -2.16. The molecule has 0 radical (unpaired) electrons. The summed E-state index contributed by atoms with van der Waals surface area (Å²) in [7, 11) is 3.78. The minimum Gasteiger partial charge on any atom is -0.497 e. The number of nitrogens with zero attached hydrogens (tertiary/aromatic N) is 4. The predicted octanol–water partition coefficient (Wildman–Crippen LogP) is 3.41. The number of hydrogen-bond acceptors (Lipinski definition) is 4. The maximum atomic E-state index is 5.60. The lowest BCUT2D eigenvalue weighted by molar-refractivity contribution is 0.243. The van der Waals surface area contributed by atoms with E-state index in [0.717, 1.165) is 29.4 Å². The van der Waals surface area contributed by atoms with Crippen molar-refractivity contribution in [1.29, 1.82) is 0 Å². The van der Waals surface area contributed by atoms with Crippen LogP contribution in [-0.4, -0.2) is 33.4 Å². The maximum Gasteiger partial charge on any atom is 0.199 e. The van der Waals surface area contributed by atoms with Crippen LogP contribution < -0.4 is 4.74 Å². The highest BCUT2D eigenvalue weighted by Gasteiger charge is 2.29. The van der Waals surface area contributed by atoms with Gasteiger partial charge in [-0.25, -0.2) is 4.68 Å². The van der Waals surface area contributed by atoms with Crippen molar-refractivity contribution in [3.05, 3.63) is 40.4 Å². The molecule has 23 heavy (non-hydrogen) atoms. The standard InChI is InChI=1S/C17H24N4OS/c1-4-20-16(14-8-9-14)18-21(17(20)23)12-19(2)11-13-6-5-7-15(10-13)22-3/h5-7,10,14H,4,8-9,11-12H2,1-3H3. The van der Waals surface area contributed by atoms with E-state index >= 15 is 0 Å². The van der Waals surface area contributed by atoms with E-state index in [1.165, 1.54) is 18.4 Å². The molecule has 1 heterocycles. The Labute approximate surface area is 142 Å². The van der Waals surface area contributed by atoms with Gasteiger partial charge in [0.05, 0.1) is 13.8 Å². The number of rotatable bonds is 7. The molecule has 3 rings (SSSR count). The lowest BCUT2D eigenvalue weighted by Crippen LogP contribution is -2.22. The van der Waals surface area contributed by atoms with Crippen LogP contribution in [0.15, 0.2) is 24.3 Å². The van der Waals surface area contributed by atoms with Crippen molar-refractivity contribution in [1.82, 2.24) is 19.2 Å². The van der Waals surface area contributed by atoms with Crippen LogP contribution in [0.5, 0.6) is 5.75 Å².